The maximum atomic E-state index is 6.17. The van der Waals surface area contributed by atoms with E-state index in [4.69, 9.17) is 9.47 Å². The second kappa shape index (κ2) is 8.76. The topological polar surface area (TPSA) is 21.7 Å². The summed E-state index contributed by atoms with van der Waals surface area (Å²) < 4.78 is 12.1. The van der Waals surface area contributed by atoms with Crippen LogP contribution in [0.1, 0.15) is 35.6 Å². The lowest BCUT2D eigenvalue weighted by molar-refractivity contribution is 0.0760. The minimum absolute atomic E-state index is 0.0369. The molecule has 0 bridgehead atoms. The fourth-order valence-corrected chi connectivity index (χ4v) is 4.39. The molecule has 0 N–H and O–H groups in total. The number of fused-ring (bicyclic) bond motifs is 1. The predicted octanol–water partition coefficient (Wildman–Crippen LogP) is 5.89. The quantitative estimate of drug-likeness (QED) is 0.496. The highest BCUT2D eigenvalue weighted by Crippen LogP contribution is 2.41. The van der Waals surface area contributed by atoms with Gasteiger partial charge in [0.1, 0.15) is 25.2 Å². The molecule has 0 aromatic heterocycles. The van der Waals surface area contributed by atoms with Gasteiger partial charge in [0.2, 0.25) is 0 Å². The number of hydrogen-bond acceptors (Lipinski definition) is 3. The standard InChI is InChI=1S/C27H27NO2/c1-3-7-21(8-4-1)11-14-24-15-18-26-27(30-20-28(24)26)23-12-16-25(17-13-23)29-19-22-9-5-2-6-10-22/h1-10,12-13,16-18,24,27H,11,14-15,19-20H2. The lowest BCUT2D eigenvalue weighted by atomic mass is 10.0. The molecule has 0 amide bonds. The highest BCUT2D eigenvalue weighted by molar-refractivity contribution is 5.35. The summed E-state index contributed by atoms with van der Waals surface area (Å²) in [5, 5.41) is 0. The fraction of sp³-hybridized carbons (Fsp3) is 0.259. The van der Waals surface area contributed by atoms with Gasteiger partial charge in [-0.25, -0.2) is 0 Å². The first-order valence-electron chi connectivity index (χ1n) is 10.8. The first-order chi connectivity index (χ1) is 14.9. The van der Waals surface area contributed by atoms with Crippen LogP contribution in [0.15, 0.2) is 96.7 Å². The Morgan fingerprint density at radius 1 is 0.833 bits per heavy atom. The monoisotopic (exact) mass is 397 g/mol. The van der Waals surface area contributed by atoms with Crippen LogP contribution in [0, 0.1) is 0 Å². The highest BCUT2D eigenvalue weighted by Gasteiger charge is 2.37. The summed E-state index contributed by atoms with van der Waals surface area (Å²) in [6.45, 7) is 1.27. The number of aryl methyl sites for hydroxylation is 1. The normalized spacial score (nSPS) is 20.1. The molecule has 0 radical (unpaired) electrons. The third kappa shape index (κ3) is 4.12. The van der Waals surface area contributed by atoms with E-state index in [1.165, 1.54) is 22.4 Å². The molecule has 3 aromatic rings. The second-order valence-corrected chi connectivity index (χ2v) is 8.03. The molecule has 5 rings (SSSR count). The van der Waals surface area contributed by atoms with Gasteiger partial charge in [-0.1, -0.05) is 78.9 Å². The Hall–Kier alpha value is -3.04. The van der Waals surface area contributed by atoms with Crippen LogP contribution in [0.25, 0.3) is 0 Å². The summed E-state index contributed by atoms with van der Waals surface area (Å²) >= 11 is 0. The van der Waals surface area contributed by atoms with Crippen molar-refractivity contribution in [2.75, 3.05) is 6.73 Å². The van der Waals surface area contributed by atoms with E-state index < -0.39 is 0 Å². The molecule has 0 saturated carbocycles. The van der Waals surface area contributed by atoms with Crippen LogP contribution in [0.3, 0.4) is 0 Å². The molecule has 3 heteroatoms. The van der Waals surface area contributed by atoms with Crippen LogP contribution in [0.4, 0.5) is 0 Å². The van der Waals surface area contributed by atoms with Gasteiger partial charge in [0.25, 0.3) is 0 Å². The Bertz CT molecular complexity index is 982. The molecule has 2 aliphatic heterocycles. The van der Waals surface area contributed by atoms with Crippen LogP contribution < -0.4 is 4.74 Å². The van der Waals surface area contributed by atoms with Crippen molar-refractivity contribution in [3.05, 3.63) is 113 Å². The van der Waals surface area contributed by atoms with Crippen molar-refractivity contribution in [1.29, 1.82) is 0 Å². The van der Waals surface area contributed by atoms with Crippen molar-refractivity contribution >= 4 is 0 Å². The highest BCUT2D eigenvalue weighted by atomic mass is 16.5. The van der Waals surface area contributed by atoms with Crippen LogP contribution in [-0.2, 0) is 17.8 Å². The van der Waals surface area contributed by atoms with E-state index in [1.54, 1.807) is 0 Å². The van der Waals surface area contributed by atoms with Crippen molar-refractivity contribution < 1.29 is 9.47 Å². The van der Waals surface area contributed by atoms with Gasteiger partial charge in [-0.3, -0.25) is 0 Å². The zero-order valence-electron chi connectivity index (χ0n) is 17.1. The molecule has 2 heterocycles. The summed E-state index contributed by atoms with van der Waals surface area (Å²) in [7, 11) is 0. The first-order valence-corrected chi connectivity index (χ1v) is 10.8. The zero-order valence-corrected chi connectivity index (χ0v) is 17.1. The Labute approximate surface area is 178 Å². The SMILES string of the molecule is C1=C2C(c3ccc(OCc4ccccc4)cc3)OCN2C(CCc2ccccc2)C1. The van der Waals surface area contributed by atoms with Crippen molar-refractivity contribution in [3.8, 4) is 5.75 Å². The van der Waals surface area contributed by atoms with E-state index in [1.807, 2.05) is 30.3 Å². The Morgan fingerprint density at radius 2 is 1.53 bits per heavy atom. The summed E-state index contributed by atoms with van der Waals surface area (Å²) in [4.78, 5) is 2.45. The minimum atomic E-state index is 0.0369. The predicted molar refractivity (Wildman–Crippen MR) is 119 cm³/mol. The van der Waals surface area contributed by atoms with Gasteiger partial charge in [0, 0.05) is 11.7 Å². The van der Waals surface area contributed by atoms with Gasteiger partial charge in [-0.15, -0.1) is 0 Å². The summed E-state index contributed by atoms with van der Waals surface area (Å²) in [6, 6.07) is 29.9. The number of rotatable bonds is 7. The lowest BCUT2D eigenvalue weighted by Gasteiger charge is -2.23. The Morgan fingerprint density at radius 3 is 2.27 bits per heavy atom. The second-order valence-electron chi connectivity index (χ2n) is 8.03. The van der Waals surface area contributed by atoms with Gasteiger partial charge < -0.3 is 14.4 Å². The molecule has 2 aliphatic rings. The maximum Gasteiger partial charge on any atom is 0.124 e. The van der Waals surface area contributed by atoms with Gasteiger partial charge in [-0.2, -0.15) is 0 Å². The summed E-state index contributed by atoms with van der Waals surface area (Å²) in [5.74, 6) is 0.888. The maximum absolute atomic E-state index is 6.17. The molecule has 3 nitrogen and oxygen atoms in total. The molecular weight excluding hydrogens is 370 g/mol. The summed E-state index contributed by atoms with van der Waals surface area (Å²) in [5.41, 5.74) is 5.10. The largest absolute Gasteiger partial charge is 0.489 e. The van der Waals surface area contributed by atoms with E-state index in [9.17, 15) is 0 Å². The van der Waals surface area contributed by atoms with E-state index >= 15 is 0 Å². The fourth-order valence-electron chi connectivity index (χ4n) is 4.39. The third-order valence-electron chi connectivity index (χ3n) is 6.06. The van der Waals surface area contributed by atoms with Crippen LogP contribution in [-0.4, -0.2) is 17.7 Å². The summed E-state index contributed by atoms with van der Waals surface area (Å²) in [6.07, 6.45) is 5.79. The first kappa shape index (κ1) is 19.0. The molecule has 0 aliphatic carbocycles. The van der Waals surface area contributed by atoms with Crippen molar-refractivity contribution in [1.82, 2.24) is 4.90 Å². The zero-order chi connectivity index (χ0) is 20.2. The smallest absolute Gasteiger partial charge is 0.124 e. The molecule has 30 heavy (non-hydrogen) atoms. The molecule has 1 fully saturated rings. The molecule has 152 valence electrons. The van der Waals surface area contributed by atoms with Gasteiger partial charge in [0.05, 0.1) is 0 Å². The van der Waals surface area contributed by atoms with Gasteiger partial charge in [0.15, 0.2) is 0 Å². The molecule has 2 unspecified atom stereocenters. The molecular formula is C27H27NO2. The third-order valence-corrected chi connectivity index (χ3v) is 6.06. The Balaban J connectivity index is 1.18. The minimum Gasteiger partial charge on any atom is -0.489 e. The van der Waals surface area contributed by atoms with E-state index in [-0.39, 0.29) is 6.10 Å². The number of benzene rings is 3. The molecule has 0 spiro atoms. The van der Waals surface area contributed by atoms with Crippen LogP contribution in [0.5, 0.6) is 5.75 Å². The number of nitrogens with zero attached hydrogens (tertiary/aromatic N) is 1. The van der Waals surface area contributed by atoms with Crippen molar-refractivity contribution in [2.45, 2.75) is 38.0 Å². The van der Waals surface area contributed by atoms with Gasteiger partial charge >= 0.3 is 0 Å². The van der Waals surface area contributed by atoms with E-state index in [0.717, 1.165) is 25.0 Å². The van der Waals surface area contributed by atoms with E-state index in [2.05, 4.69) is 65.6 Å². The Kier molecular flexibility index (Phi) is 5.54. The van der Waals surface area contributed by atoms with Crippen molar-refractivity contribution in [3.63, 3.8) is 0 Å². The number of ether oxygens (including phenoxy) is 2. The lowest BCUT2D eigenvalue weighted by Crippen LogP contribution is -2.27. The van der Waals surface area contributed by atoms with Crippen molar-refractivity contribution in [2.24, 2.45) is 0 Å². The average molecular weight is 398 g/mol. The molecule has 3 aromatic carbocycles. The molecule has 1 saturated heterocycles. The van der Waals surface area contributed by atoms with Gasteiger partial charge in [-0.05, 0) is 48.1 Å². The molecule has 2 atom stereocenters. The van der Waals surface area contributed by atoms with Crippen LogP contribution in [0.2, 0.25) is 0 Å². The van der Waals surface area contributed by atoms with E-state index in [0.29, 0.717) is 19.4 Å². The van der Waals surface area contributed by atoms with Crippen LogP contribution >= 0.6 is 0 Å². The average Bonchev–Trinajstić information content (AvgIpc) is 3.41. The number of hydrogen-bond donors (Lipinski definition) is 0.